The molecular weight excluding hydrogens is 192 g/mol. The van der Waals surface area contributed by atoms with Crippen LogP contribution in [0.1, 0.15) is 5.56 Å². The average molecular weight is 199 g/mol. The van der Waals surface area contributed by atoms with E-state index < -0.39 is 17.9 Å². The van der Waals surface area contributed by atoms with E-state index in [1.807, 2.05) is 0 Å². The first-order valence-electron chi connectivity index (χ1n) is 3.71. The Labute approximate surface area is 79.0 Å². The summed E-state index contributed by atoms with van der Waals surface area (Å²) in [6.07, 6.45) is 2.30. The first-order chi connectivity index (χ1) is 6.61. The van der Waals surface area contributed by atoms with Crippen molar-refractivity contribution < 1.29 is 18.3 Å². The number of carbonyl (C=O) groups excluding carboxylic acids is 1. The molecule has 0 aromatic carbocycles. The van der Waals surface area contributed by atoms with Crippen LogP contribution in [0.4, 0.5) is 8.78 Å². The lowest BCUT2D eigenvalue weighted by Gasteiger charge is -1.94. The third kappa shape index (κ3) is 2.93. The number of hydrogen-bond acceptors (Lipinski definition) is 3. The molecule has 0 aliphatic carbocycles. The minimum Gasteiger partial charge on any atom is -0.466 e. The highest BCUT2D eigenvalue weighted by molar-refractivity contribution is 5.86. The second-order valence-corrected chi connectivity index (χ2v) is 2.40. The zero-order chi connectivity index (χ0) is 10.6. The van der Waals surface area contributed by atoms with E-state index in [0.717, 1.165) is 18.2 Å². The number of methoxy groups -OCH3 is 1. The van der Waals surface area contributed by atoms with E-state index >= 15 is 0 Å². The highest BCUT2D eigenvalue weighted by atomic mass is 19.1. The number of aromatic nitrogens is 1. The van der Waals surface area contributed by atoms with Crippen LogP contribution in [-0.2, 0) is 9.53 Å². The fourth-order valence-electron chi connectivity index (χ4n) is 0.812. The maximum absolute atomic E-state index is 12.5. The van der Waals surface area contributed by atoms with Crippen LogP contribution in [0.5, 0.6) is 0 Å². The van der Waals surface area contributed by atoms with Gasteiger partial charge in [-0.15, -0.1) is 0 Å². The molecule has 1 aromatic rings. The number of nitrogens with zero attached hydrogens (tertiary/aromatic N) is 1. The Bertz CT molecular complexity index is 357. The Hall–Kier alpha value is -1.78. The molecule has 3 nitrogen and oxygen atoms in total. The predicted octanol–water partition coefficient (Wildman–Crippen LogP) is 1.55. The number of rotatable bonds is 2. The highest BCUT2D eigenvalue weighted by Crippen LogP contribution is 2.06. The summed E-state index contributed by atoms with van der Waals surface area (Å²) in [5.41, 5.74) is 0.209. The highest BCUT2D eigenvalue weighted by Gasteiger charge is 1.99. The standard InChI is InChI=1S/C9H7F2NO2/c1-14-9(13)3-2-6-4-7(10)12-8(11)5-6/h2-5H,1H3. The van der Waals surface area contributed by atoms with Crippen molar-refractivity contribution in [3.05, 3.63) is 35.7 Å². The van der Waals surface area contributed by atoms with Crippen LogP contribution in [0.3, 0.4) is 0 Å². The molecule has 0 unspecified atom stereocenters. The van der Waals surface area contributed by atoms with E-state index in [4.69, 9.17) is 0 Å². The van der Waals surface area contributed by atoms with Crippen molar-refractivity contribution in [2.75, 3.05) is 7.11 Å². The molecule has 1 rings (SSSR count). The van der Waals surface area contributed by atoms with E-state index in [1.165, 1.54) is 13.2 Å². The van der Waals surface area contributed by atoms with Gasteiger partial charge in [0.1, 0.15) is 0 Å². The quantitative estimate of drug-likeness (QED) is 0.412. The maximum Gasteiger partial charge on any atom is 0.330 e. The molecule has 0 saturated carbocycles. The molecule has 0 aliphatic heterocycles. The summed E-state index contributed by atoms with van der Waals surface area (Å²) in [5, 5.41) is 0. The topological polar surface area (TPSA) is 39.2 Å². The van der Waals surface area contributed by atoms with Crippen LogP contribution >= 0.6 is 0 Å². The predicted molar refractivity (Wildman–Crippen MR) is 45.2 cm³/mol. The van der Waals surface area contributed by atoms with Crippen LogP contribution in [-0.4, -0.2) is 18.1 Å². The summed E-state index contributed by atoms with van der Waals surface area (Å²) >= 11 is 0. The van der Waals surface area contributed by atoms with Gasteiger partial charge in [0.2, 0.25) is 11.9 Å². The summed E-state index contributed by atoms with van der Waals surface area (Å²) in [5.74, 6) is -2.47. The Kier molecular flexibility index (Phi) is 3.28. The largest absolute Gasteiger partial charge is 0.466 e. The molecule has 5 heteroatoms. The molecule has 0 bridgehead atoms. The number of hydrogen-bond donors (Lipinski definition) is 0. The van der Waals surface area contributed by atoms with Gasteiger partial charge in [0.25, 0.3) is 0 Å². The lowest BCUT2D eigenvalue weighted by molar-refractivity contribution is -0.134. The van der Waals surface area contributed by atoms with Crippen molar-refractivity contribution in [3.8, 4) is 0 Å². The lowest BCUT2D eigenvalue weighted by Crippen LogP contribution is -1.94. The second-order valence-electron chi connectivity index (χ2n) is 2.40. The van der Waals surface area contributed by atoms with E-state index in [9.17, 15) is 13.6 Å². The Morgan fingerprint density at radius 2 is 2.00 bits per heavy atom. The number of esters is 1. The summed E-state index contributed by atoms with van der Waals surface area (Å²) in [7, 11) is 1.21. The van der Waals surface area contributed by atoms with Crippen molar-refractivity contribution in [2.24, 2.45) is 0 Å². The fraction of sp³-hybridized carbons (Fsp3) is 0.111. The van der Waals surface area contributed by atoms with Gasteiger partial charge in [-0.1, -0.05) is 0 Å². The van der Waals surface area contributed by atoms with Gasteiger partial charge in [0, 0.05) is 18.2 Å². The Morgan fingerprint density at radius 3 is 2.50 bits per heavy atom. The van der Waals surface area contributed by atoms with Gasteiger partial charge >= 0.3 is 5.97 Å². The van der Waals surface area contributed by atoms with Gasteiger partial charge in [-0.3, -0.25) is 0 Å². The van der Waals surface area contributed by atoms with Crippen LogP contribution in [0.15, 0.2) is 18.2 Å². The van der Waals surface area contributed by atoms with Crippen molar-refractivity contribution in [3.63, 3.8) is 0 Å². The van der Waals surface area contributed by atoms with Gasteiger partial charge in [0.05, 0.1) is 7.11 Å². The van der Waals surface area contributed by atoms with Crippen molar-refractivity contribution in [2.45, 2.75) is 0 Å². The number of halogens is 2. The average Bonchev–Trinajstić information content (AvgIpc) is 2.12. The van der Waals surface area contributed by atoms with E-state index in [0.29, 0.717) is 0 Å². The molecular formula is C9H7F2NO2. The molecule has 0 atom stereocenters. The molecule has 0 fully saturated rings. The molecule has 1 heterocycles. The molecule has 0 N–H and O–H groups in total. The molecule has 0 spiro atoms. The summed E-state index contributed by atoms with van der Waals surface area (Å²) < 4.78 is 29.4. The third-order valence-electron chi connectivity index (χ3n) is 1.40. The number of pyridine rings is 1. The smallest absolute Gasteiger partial charge is 0.330 e. The molecule has 74 valence electrons. The van der Waals surface area contributed by atoms with Gasteiger partial charge < -0.3 is 4.74 Å². The fourth-order valence-corrected chi connectivity index (χ4v) is 0.812. The zero-order valence-corrected chi connectivity index (χ0v) is 7.33. The molecule has 0 amide bonds. The minimum absolute atomic E-state index is 0.209. The maximum atomic E-state index is 12.5. The van der Waals surface area contributed by atoms with E-state index in [1.54, 1.807) is 0 Å². The van der Waals surface area contributed by atoms with Gasteiger partial charge in [-0.25, -0.2) is 4.79 Å². The van der Waals surface area contributed by atoms with E-state index in [2.05, 4.69) is 9.72 Å². The number of carbonyl (C=O) groups is 1. The van der Waals surface area contributed by atoms with Crippen molar-refractivity contribution in [1.29, 1.82) is 0 Å². The van der Waals surface area contributed by atoms with Crippen LogP contribution in [0.2, 0.25) is 0 Å². The lowest BCUT2D eigenvalue weighted by atomic mass is 10.2. The summed E-state index contributed by atoms with van der Waals surface area (Å²) in [4.78, 5) is 13.5. The molecule has 14 heavy (non-hydrogen) atoms. The summed E-state index contributed by atoms with van der Waals surface area (Å²) in [6.45, 7) is 0. The van der Waals surface area contributed by atoms with Crippen LogP contribution in [0, 0.1) is 11.9 Å². The molecule has 0 saturated heterocycles. The Morgan fingerprint density at radius 1 is 1.43 bits per heavy atom. The SMILES string of the molecule is COC(=O)C=Cc1cc(F)nc(F)c1. The van der Waals surface area contributed by atoms with Crippen LogP contribution < -0.4 is 0 Å². The monoisotopic (exact) mass is 199 g/mol. The first kappa shape index (κ1) is 10.3. The van der Waals surface area contributed by atoms with Gasteiger partial charge in [0.15, 0.2) is 0 Å². The molecule has 0 aliphatic rings. The zero-order valence-electron chi connectivity index (χ0n) is 7.33. The van der Waals surface area contributed by atoms with Crippen LogP contribution in [0.25, 0.3) is 6.08 Å². The second kappa shape index (κ2) is 4.45. The van der Waals surface area contributed by atoms with Gasteiger partial charge in [-0.05, 0) is 11.6 Å². The normalized spacial score (nSPS) is 10.5. The number of ether oxygens (including phenoxy) is 1. The van der Waals surface area contributed by atoms with Crippen molar-refractivity contribution >= 4 is 12.0 Å². The third-order valence-corrected chi connectivity index (χ3v) is 1.40. The van der Waals surface area contributed by atoms with Crippen molar-refractivity contribution in [1.82, 2.24) is 4.98 Å². The first-order valence-corrected chi connectivity index (χ1v) is 3.71. The molecule has 0 radical (unpaired) electrons. The van der Waals surface area contributed by atoms with Gasteiger partial charge in [-0.2, -0.15) is 13.8 Å². The van der Waals surface area contributed by atoms with E-state index in [-0.39, 0.29) is 5.56 Å². The minimum atomic E-state index is -0.936. The summed E-state index contributed by atoms with van der Waals surface area (Å²) in [6, 6.07) is 2.00. The molecule has 1 aromatic heterocycles. The Balaban J connectivity index is 2.86.